The molecule has 5 nitrogen and oxygen atoms in total. The predicted molar refractivity (Wildman–Crippen MR) is 93.9 cm³/mol. The van der Waals surface area contributed by atoms with E-state index >= 15 is 0 Å². The number of benzene rings is 2. The summed E-state index contributed by atoms with van der Waals surface area (Å²) in [5.74, 6) is -1.48. The van der Waals surface area contributed by atoms with Crippen LogP contribution in [0.4, 0.5) is 0 Å². The average molecular weight is 339 g/mol. The van der Waals surface area contributed by atoms with E-state index in [0.29, 0.717) is 0 Å². The first-order valence-corrected chi connectivity index (χ1v) is 8.53. The van der Waals surface area contributed by atoms with E-state index in [2.05, 4.69) is 0 Å². The van der Waals surface area contributed by atoms with E-state index in [-0.39, 0.29) is 35.8 Å². The first-order valence-electron chi connectivity index (χ1n) is 8.53. The zero-order valence-electron chi connectivity index (χ0n) is 14.1. The molecule has 0 saturated heterocycles. The van der Waals surface area contributed by atoms with Crippen LogP contribution in [-0.2, 0) is 9.53 Å². The molecule has 5 heteroatoms. The zero-order valence-corrected chi connectivity index (χ0v) is 14.1. The van der Waals surface area contributed by atoms with Gasteiger partial charge in [0.2, 0.25) is 6.04 Å². The standard InChI is InChI=1S/C20H21NO4/c1-2-25-20(22)16-13-17(21(23)24)19(15-11-7-4-8-12-15)18(16)14-9-5-3-6-10-14/h3-12,16-19H,2,13H2,1H3/t16-,17-,18+,19+/m0/s1. The Balaban J connectivity index is 2.09. The molecule has 0 aliphatic heterocycles. The van der Waals surface area contributed by atoms with E-state index in [1.807, 2.05) is 60.7 Å². The van der Waals surface area contributed by atoms with Gasteiger partial charge in [0.25, 0.3) is 0 Å². The maximum atomic E-state index is 12.5. The summed E-state index contributed by atoms with van der Waals surface area (Å²) < 4.78 is 5.23. The third kappa shape index (κ3) is 3.40. The van der Waals surface area contributed by atoms with Gasteiger partial charge < -0.3 is 4.74 Å². The van der Waals surface area contributed by atoms with Crippen LogP contribution in [0.2, 0.25) is 0 Å². The molecule has 0 aromatic heterocycles. The van der Waals surface area contributed by atoms with Gasteiger partial charge in [-0.05, 0) is 18.1 Å². The maximum Gasteiger partial charge on any atom is 0.309 e. The quantitative estimate of drug-likeness (QED) is 0.472. The molecule has 2 aromatic rings. The fourth-order valence-corrected chi connectivity index (χ4v) is 3.97. The Kier molecular flexibility index (Phi) is 5.12. The number of carbonyl (C=O) groups excluding carboxylic acids is 1. The molecule has 2 aromatic carbocycles. The molecule has 1 aliphatic carbocycles. The van der Waals surface area contributed by atoms with Crippen molar-refractivity contribution in [1.82, 2.24) is 0 Å². The van der Waals surface area contributed by atoms with Gasteiger partial charge in [0.05, 0.1) is 18.4 Å². The first kappa shape index (κ1) is 17.1. The highest BCUT2D eigenvalue weighted by Crippen LogP contribution is 2.51. The zero-order chi connectivity index (χ0) is 17.8. The number of esters is 1. The molecule has 25 heavy (non-hydrogen) atoms. The third-order valence-corrected chi connectivity index (χ3v) is 4.96. The minimum Gasteiger partial charge on any atom is -0.466 e. The van der Waals surface area contributed by atoms with Crippen molar-refractivity contribution in [1.29, 1.82) is 0 Å². The molecule has 0 amide bonds. The lowest BCUT2D eigenvalue weighted by molar-refractivity contribution is -0.524. The molecule has 4 atom stereocenters. The number of ether oxygens (including phenoxy) is 1. The average Bonchev–Trinajstić information content (AvgIpc) is 3.04. The largest absolute Gasteiger partial charge is 0.466 e. The van der Waals surface area contributed by atoms with Crippen LogP contribution in [0.15, 0.2) is 60.7 Å². The highest BCUT2D eigenvalue weighted by molar-refractivity contribution is 5.75. The van der Waals surface area contributed by atoms with E-state index < -0.39 is 12.0 Å². The van der Waals surface area contributed by atoms with Gasteiger partial charge in [-0.2, -0.15) is 0 Å². The topological polar surface area (TPSA) is 69.4 Å². The second-order valence-electron chi connectivity index (χ2n) is 6.32. The SMILES string of the molecule is CCOC(=O)[C@H]1C[C@H]([N+](=O)[O-])[C@@H](c2ccccc2)[C@@H]1c1ccccc1. The van der Waals surface area contributed by atoms with Crippen LogP contribution in [0.5, 0.6) is 0 Å². The first-order chi connectivity index (χ1) is 12.1. The summed E-state index contributed by atoms with van der Waals surface area (Å²) >= 11 is 0. The van der Waals surface area contributed by atoms with Crippen molar-refractivity contribution in [3.63, 3.8) is 0 Å². The van der Waals surface area contributed by atoms with Gasteiger partial charge in [-0.25, -0.2) is 0 Å². The molecule has 0 radical (unpaired) electrons. The monoisotopic (exact) mass is 339 g/mol. The molecule has 1 fully saturated rings. The Morgan fingerprint density at radius 2 is 1.56 bits per heavy atom. The number of nitro groups is 1. The number of nitrogens with zero attached hydrogens (tertiary/aromatic N) is 1. The molecule has 1 aliphatic rings. The van der Waals surface area contributed by atoms with Crippen molar-refractivity contribution in [3.8, 4) is 0 Å². The van der Waals surface area contributed by atoms with Gasteiger partial charge in [0, 0.05) is 17.3 Å². The Bertz CT molecular complexity index is 732. The second-order valence-corrected chi connectivity index (χ2v) is 6.32. The van der Waals surface area contributed by atoms with Crippen LogP contribution in [0.25, 0.3) is 0 Å². The Morgan fingerprint density at radius 1 is 1.04 bits per heavy atom. The summed E-state index contributed by atoms with van der Waals surface area (Å²) in [4.78, 5) is 24.0. The molecule has 0 spiro atoms. The van der Waals surface area contributed by atoms with Crippen molar-refractivity contribution in [3.05, 3.63) is 81.9 Å². The van der Waals surface area contributed by atoms with Crippen LogP contribution in [0, 0.1) is 16.0 Å². The summed E-state index contributed by atoms with van der Waals surface area (Å²) in [5, 5.41) is 11.7. The Labute approximate surface area is 146 Å². The van der Waals surface area contributed by atoms with Crippen LogP contribution >= 0.6 is 0 Å². The number of carbonyl (C=O) groups is 1. The van der Waals surface area contributed by atoms with E-state index in [1.54, 1.807) is 6.92 Å². The number of hydrogen-bond acceptors (Lipinski definition) is 4. The van der Waals surface area contributed by atoms with Gasteiger partial charge in [0.1, 0.15) is 0 Å². The van der Waals surface area contributed by atoms with Crippen molar-refractivity contribution in [2.45, 2.75) is 31.2 Å². The van der Waals surface area contributed by atoms with Gasteiger partial charge in [0.15, 0.2) is 0 Å². The third-order valence-electron chi connectivity index (χ3n) is 4.96. The molecular weight excluding hydrogens is 318 g/mol. The van der Waals surface area contributed by atoms with Gasteiger partial charge in [-0.1, -0.05) is 60.7 Å². The number of hydrogen-bond donors (Lipinski definition) is 0. The van der Waals surface area contributed by atoms with Crippen LogP contribution in [0.1, 0.15) is 36.3 Å². The molecule has 130 valence electrons. The summed E-state index contributed by atoms with van der Waals surface area (Å²) in [6.07, 6.45) is 0.199. The van der Waals surface area contributed by atoms with E-state index in [9.17, 15) is 14.9 Å². The summed E-state index contributed by atoms with van der Waals surface area (Å²) in [6.45, 7) is 2.03. The molecule has 0 unspecified atom stereocenters. The van der Waals surface area contributed by atoms with Crippen molar-refractivity contribution < 1.29 is 14.5 Å². The molecule has 3 rings (SSSR count). The molecular formula is C20H21NO4. The van der Waals surface area contributed by atoms with Gasteiger partial charge in [-0.3, -0.25) is 14.9 Å². The van der Waals surface area contributed by atoms with Crippen molar-refractivity contribution in [2.24, 2.45) is 5.92 Å². The highest BCUT2D eigenvalue weighted by atomic mass is 16.6. The molecule has 0 heterocycles. The van der Waals surface area contributed by atoms with E-state index in [0.717, 1.165) is 11.1 Å². The van der Waals surface area contributed by atoms with Crippen LogP contribution in [0.3, 0.4) is 0 Å². The highest BCUT2D eigenvalue weighted by Gasteiger charge is 2.53. The van der Waals surface area contributed by atoms with Crippen molar-refractivity contribution in [2.75, 3.05) is 6.61 Å². The lowest BCUT2D eigenvalue weighted by Crippen LogP contribution is -2.25. The Morgan fingerprint density at radius 3 is 2.04 bits per heavy atom. The van der Waals surface area contributed by atoms with E-state index in [1.165, 1.54) is 0 Å². The fraction of sp³-hybridized carbons (Fsp3) is 0.350. The normalized spacial score (nSPS) is 25.5. The van der Waals surface area contributed by atoms with Crippen molar-refractivity contribution >= 4 is 5.97 Å². The van der Waals surface area contributed by atoms with Gasteiger partial charge >= 0.3 is 5.97 Å². The van der Waals surface area contributed by atoms with Crippen LogP contribution < -0.4 is 0 Å². The second kappa shape index (κ2) is 7.47. The summed E-state index contributed by atoms with van der Waals surface area (Å²) in [6, 6.07) is 18.2. The minimum absolute atomic E-state index is 0.199. The lowest BCUT2D eigenvalue weighted by Gasteiger charge is -2.24. The Hall–Kier alpha value is -2.69. The fourth-order valence-electron chi connectivity index (χ4n) is 3.97. The number of rotatable bonds is 5. The van der Waals surface area contributed by atoms with Crippen LogP contribution in [-0.4, -0.2) is 23.5 Å². The molecule has 0 bridgehead atoms. The summed E-state index contributed by atoms with van der Waals surface area (Å²) in [7, 11) is 0. The van der Waals surface area contributed by atoms with E-state index in [4.69, 9.17) is 4.74 Å². The predicted octanol–water partition coefficient (Wildman–Crippen LogP) is 3.78. The minimum atomic E-state index is -0.804. The molecule has 1 saturated carbocycles. The smallest absolute Gasteiger partial charge is 0.309 e. The maximum absolute atomic E-state index is 12.5. The molecule has 0 N–H and O–H groups in total. The lowest BCUT2D eigenvalue weighted by atomic mass is 9.79. The van der Waals surface area contributed by atoms with Gasteiger partial charge in [-0.15, -0.1) is 0 Å². The summed E-state index contributed by atoms with van der Waals surface area (Å²) in [5.41, 5.74) is 1.84.